The van der Waals surface area contributed by atoms with Gasteiger partial charge in [0.1, 0.15) is 0 Å². The van der Waals surface area contributed by atoms with Crippen molar-refractivity contribution in [1.29, 1.82) is 0 Å². The number of Topliss-reactive ketones (excluding diaryl/α,β-unsaturated/α-hetero) is 1. The van der Waals surface area contributed by atoms with Crippen molar-refractivity contribution in [3.05, 3.63) is 58.4 Å². The molecule has 1 heterocycles. The maximum absolute atomic E-state index is 14.5. The Morgan fingerprint density at radius 2 is 2.07 bits per heavy atom. The third-order valence-corrected chi connectivity index (χ3v) is 6.76. The van der Waals surface area contributed by atoms with Gasteiger partial charge in [0.2, 0.25) is 10.0 Å². The van der Waals surface area contributed by atoms with Crippen molar-refractivity contribution in [2.75, 3.05) is 25.4 Å². The normalized spacial score (nSPS) is 17.3. The number of ketones is 1. The van der Waals surface area contributed by atoms with Crippen molar-refractivity contribution in [2.24, 2.45) is 5.92 Å². The number of hydrogen-bond donors (Lipinski definition) is 2. The number of carbonyl (C=O) groups excluding carboxylic acids is 1. The summed E-state index contributed by atoms with van der Waals surface area (Å²) < 4.78 is 41.4. The number of piperidine rings is 1. The molecule has 2 aromatic rings. The number of sulfonamides is 1. The van der Waals surface area contributed by atoms with Crippen LogP contribution in [0.3, 0.4) is 0 Å². The first-order valence-corrected chi connectivity index (χ1v) is 11.6. The Bertz CT molecular complexity index is 1000. The van der Waals surface area contributed by atoms with Crippen LogP contribution in [0.1, 0.15) is 28.8 Å². The van der Waals surface area contributed by atoms with Crippen molar-refractivity contribution in [3.8, 4) is 11.1 Å². The van der Waals surface area contributed by atoms with Gasteiger partial charge in [-0.1, -0.05) is 41.4 Å². The Balaban J connectivity index is 1.74. The molecule has 0 aliphatic carbocycles. The van der Waals surface area contributed by atoms with Crippen LogP contribution in [-0.4, -0.2) is 39.6 Å². The third kappa shape index (κ3) is 5.85. The predicted octanol–water partition coefficient (Wildman–Crippen LogP) is 3.56. The van der Waals surface area contributed by atoms with Crippen LogP contribution in [0.15, 0.2) is 36.4 Å². The highest BCUT2D eigenvalue weighted by Crippen LogP contribution is 2.28. The SMILES string of the molecule is Cc1cccc(-c2cc(Cl)c(F)c(C(=O)CNS(=O)(=O)C[C@@H]3CCCNC3)c2)c1. The van der Waals surface area contributed by atoms with Crippen LogP contribution in [0.25, 0.3) is 11.1 Å². The summed E-state index contributed by atoms with van der Waals surface area (Å²) in [7, 11) is -3.64. The van der Waals surface area contributed by atoms with Crippen LogP contribution < -0.4 is 10.0 Å². The molecule has 0 aromatic heterocycles. The molecule has 1 aliphatic rings. The second kappa shape index (κ2) is 9.34. The monoisotopic (exact) mass is 438 g/mol. The van der Waals surface area contributed by atoms with E-state index in [1.807, 2.05) is 31.2 Å². The van der Waals surface area contributed by atoms with Gasteiger partial charge >= 0.3 is 0 Å². The molecular formula is C21H24ClFN2O3S. The second-order valence-corrected chi connectivity index (χ2v) is 9.69. The largest absolute Gasteiger partial charge is 0.316 e. The fourth-order valence-electron chi connectivity index (χ4n) is 3.49. The minimum absolute atomic E-state index is 0.00665. The van der Waals surface area contributed by atoms with Gasteiger partial charge in [-0.25, -0.2) is 17.5 Å². The van der Waals surface area contributed by atoms with Gasteiger partial charge < -0.3 is 5.32 Å². The molecule has 3 rings (SSSR count). The standard InChI is InChI=1S/C21H24ClFN2O3S/c1-14-4-2-6-16(8-14)17-9-18(21(23)19(22)10-17)20(26)12-25-29(27,28)13-15-5-3-7-24-11-15/h2,4,6,8-10,15,24-25H,3,5,7,11-13H2,1H3/t15-/m1/s1. The van der Waals surface area contributed by atoms with Crippen LogP contribution >= 0.6 is 11.6 Å². The highest BCUT2D eigenvalue weighted by molar-refractivity contribution is 7.89. The van der Waals surface area contributed by atoms with Crippen molar-refractivity contribution in [2.45, 2.75) is 19.8 Å². The summed E-state index contributed by atoms with van der Waals surface area (Å²) >= 11 is 6.00. The van der Waals surface area contributed by atoms with Crippen LogP contribution in [0.5, 0.6) is 0 Å². The molecule has 1 saturated heterocycles. The highest BCUT2D eigenvalue weighted by Gasteiger charge is 2.23. The molecule has 0 unspecified atom stereocenters. The van der Waals surface area contributed by atoms with E-state index in [9.17, 15) is 17.6 Å². The zero-order valence-electron chi connectivity index (χ0n) is 16.2. The molecule has 0 amide bonds. The fraction of sp³-hybridized carbons (Fsp3) is 0.381. The molecule has 0 saturated carbocycles. The number of benzene rings is 2. The maximum Gasteiger partial charge on any atom is 0.212 e. The number of rotatable bonds is 7. The number of halogens is 2. The number of hydrogen-bond acceptors (Lipinski definition) is 4. The van der Waals surface area contributed by atoms with E-state index in [0.29, 0.717) is 12.1 Å². The molecule has 0 bridgehead atoms. The van der Waals surface area contributed by atoms with Crippen LogP contribution in [0, 0.1) is 18.7 Å². The first-order chi connectivity index (χ1) is 13.7. The molecule has 156 valence electrons. The summed E-state index contributed by atoms with van der Waals surface area (Å²) in [6, 6.07) is 10.4. The number of aryl methyl sites for hydroxylation is 1. The van der Waals surface area contributed by atoms with Gasteiger partial charge in [-0.05, 0) is 62.0 Å². The minimum atomic E-state index is -3.64. The van der Waals surface area contributed by atoms with Crippen LogP contribution in [-0.2, 0) is 10.0 Å². The summed E-state index contributed by atoms with van der Waals surface area (Å²) in [5, 5.41) is 2.99. The summed E-state index contributed by atoms with van der Waals surface area (Å²) in [6.45, 7) is 2.95. The minimum Gasteiger partial charge on any atom is -0.316 e. The Kier molecular flexibility index (Phi) is 7.05. The Morgan fingerprint density at radius 3 is 2.76 bits per heavy atom. The Hall–Kier alpha value is -1.80. The molecule has 0 radical (unpaired) electrons. The van der Waals surface area contributed by atoms with E-state index < -0.39 is 28.2 Å². The van der Waals surface area contributed by atoms with Crippen LogP contribution in [0.4, 0.5) is 4.39 Å². The zero-order valence-corrected chi connectivity index (χ0v) is 17.7. The summed E-state index contributed by atoms with van der Waals surface area (Å²) in [5.41, 5.74) is 2.18. The first kappa shape index (κ1) is 21.9. The van der Waals surface area contributed by atoms with E-state index in [2.05, 4.69) is 10.0 Å². The van der Waals surface area contributed by atoms with Crippen molar-refractivity contribution in [3.63, 3.8) is 0 Å². The lowest BCUT2D eigenvalue weighted by Crippen LogP contribution is -2.39. The van der Waals surface area contributed by atoms with Gasteiger partial charge in [-0.3, -0.25) is 4.79 Å². The van der Waals surface area contributed by atoms with E-state index in [1.165, 1.54) is 12.1 Å². The average Bonchev–Trinajstić information content (AvgIpc) is 2.68. The fourth-order valence-corrected chi connectivity index (χ4v) is 5.08. The number of nitrogens with one attached hydrogen (secondary N) is 2. The lowest BCUT2D eigenvalue weighted by Gasteiger charge is -2.22. The quantitative estimate of drug-likeness (QED) is 0.648. The Labute approximate surface area is 175 Å². The summed E-state index contributed by atoms with van der Waals surface area (Å²) in [5.74, 6) is -1.56. The van der Waals surface area contributed by atoms with E-state index >= 15 is 0 Å². The summed E-state index contributed by atoms with van der Waals surface area (Å²) in [6.07, 6.45) is 1.75. The first-order valence-electron chi connectivity index (χ1n) is 9.52. The Morgan fingerprint density at radius 1 is 1.28 bits per heavy atom. The van der Waals surface area contributed by atoms with Gasteiger partial charge in [0.05, 0.1) is 22.9 Å². The topological polar surface area (TPSA) is 75.3 Å². The zero-order chi connectivity index (χ0) is 21.0. The molecule has 29 heavy (non-hydrogen) atoms. The van der Waals surface area contributed by atoms with E-state index in [1.54, 1.807) is 0 Å². The van der Waals surface area contributed by atoms with Gasteiger partial charge in [-0.2, -0.15) is 0 Å². The highest BCUT2D eigenvalue weighted by atomic mass is 35.5. The summed E-state index contributed by atoms with van der Waals surface area (Å²) in [4.78, 5) is 12.6. The lowest BCUT2D eigenvalue weighted by atomic mass is 9.99. The average molecular weight is 439 g/mol. The van der Waals surface area contributed by atoms with Crippen LogP contribution in [0.2, 0.25) is 5.02 Å². The molecule has 1 fully saturated rings. The van der Waals surface area contributed by atoms with Crippen molar-refractivity contribution in [1.82, 2.24) is 10.0 Å². The van der Waals surface area contributed by atoms with Gasteiger partial charge in [0.25, 0.3) is 0 Å². The molecule has 2 aromatic carbocycles. The maximum atomic E-state index is 14.5. The molecule has 0 spiro atoms. The molecule has 1 aliphatic heterocycles. The molecule has 1 atom stereocenters. The van der Waals surface area contributed by atoms with Gasteiger partial charge in [0.15, 0.2) is 11.6 Å². The predicted molar refractivity (Wildman–Crippen MR) is 113 cm³/mol. The molecule has 8 heteroatoms. The number of carbonyl (C=O) groups is 1. The van der Waals surface area contributed by atoms with Crippen molar-refractivity contribution >= 4 is 27.4 Å². The van der Waals surface area contributed by atoms with E-state index in [0.717, 1.165) is 30.5 Å². The molecule has 5 nitrogen and oxygen atoms in total. The van der Waals surface area contributed by atoms with E-state index in [-0.39, 0.29) is 22.3 Å². The second-order valence-electron chi connectivity index (χ2n) is 7.43. The van der Waals surface area contributed by atoms with Gasteiger partial charge in [-0.15, -0.1) is 0 Å². The molecule has 2 N–H and O–H groups in total. The molecular weight excluding hydrogens is 415 g/mol. The smallest absolute Gasteiger partial charge is 0.212 e. The van der Waals surface area contributed by atoms with Crippen molar-refractivity contribution < 1.29 is 17.6 Å². The van der Waals surface area contributed by atoms with E-state index in [4.69, 9.17) is 11.6 Å². The van der Waals surface area contributed by atoms with Gasteiger partial charge in [0, 0.05) is 0 Å². The third-order valence-electron chi connectivity index (χ3n) is 4.99. The lowest BCUT2D eigenvalue weighted by molar-refractivity contribution is 0.0993.